The van der Waals surface area contributed by atoms with E-state index in [0.717, 1.165) is 47.2 Å². The van der Waals surface area contributed by atoms with Crippen LogP contribution in [0.5, 0.6) is 5.75 Å². The van der Waals surface area contributed by atoms with Crippen molar-refractivity contribution in [3.05, 3.63) is 58.2 Å². The molecule has 3 heterocycles. The summed E-state index contributed by atoms with van der Waals surface area (Å²) in [7, 11) is 1.65. The van der Waals surface area contributed by atoms with Crippen LogP contribution in [0.4, 0.5) is 0 Å². The Hall–Kier alpha value is -3.20. The van der Waals surface area contributed by atoms with Gasteiger partial charge in [0, 0.05) is 49.5 Å². The first kappa shape index (κ1) is 21.0. The molecule has 0 bridgehead atoms. The molecule has 9 heteroatoms. The summed E-state index contributed by atoms with van der Waals surface area (Å²) < 4.78 is 12.2. The van der Waals surface area contributed by atoms with Gasteiger partial charge < -0.3 is 9.64 Å². The quantitative estimate of drug-likeness (QED) is 0.599. The zero-order chi connectivity index (χ0) is 22.0. The summed E-state index contributed by atoms with van der Waals surface area (Å²) in [6, 6.07) is 7.67. The Morgan fingerprint density at radius 3 is 2.45 bits per heavy atom. The van der Waals surface area contributed by atoms with Crippen molar-refractivity contribution in [1.82, 2.24) is 29.9 Å². The minimum absolute atomic E-state index is 0.0382. The number of amides is 1. The first-order valence-corrected chi connectivity index (χ1v) is 10.4. The van der Waals surface area contributed by atoms with Crippen LogP contribution in [0.2, 0.25) is 0 Å². The second kappa shape index (κ2) is 8.89. The molecule has 1 fully saturated rings. The summed E-state index contributed by atoms with van der Waals surface area (Å²) in [5.74, 6) is 0.793. The van der Waals surface area contributed by atoms with E-state index in [2.05, 4.69) is 20.3 Å². The summed E-state index contributed by atoms with van der Waals surface area (Å²) >= 11 is 0. The fourth-order valence-electron chi connectivity index (χ4n) is 3.93. The lowest BCUT2D eigenvalue weighted by atomic mass is 10.1. The van der Waals surface area contributed by atoms with E-state index < -0.39 is 0 Å². The van der Waals surface area contributed by atoms with Gasteiger partial charge in [-0.3, -0.25) is 14.4 Å². The van der Waals surface area contributed by atoms with Crippen LogP contribution < -0.4 is 4.74 Å². The van der Waals surface area contributed by atoms with Crippen LogP contribution >= 0.6 is 0 Å². The average Bonchev–Trinajstić information content (AvgIpc) is 3.31. The summed E-state index contributed by atoms with van der Waals surface area (Å²) in [5.41, 5.74) is 5.31. The smallest absolute Gasteiger partial charge is 0.253 e. The van der Waals surface area contributed by atoms with Gasteiger partial charge in [0.2, 0.25) is 0 Å². The fourth-order valence-corrected chi connectivity index (χ4v) is 3.93. The SMILES string of the molecule is COc1ccc(C(=O)N2CCN(Cc3nonc3C)CC2)cc1Cn1nc(C)cc1C. The number of piperazine rings is 1. The second-order valence-corrected chi connectivity index (χ2v) is 7.98. The third-order valence-electron chi connectivity index (χ3n) is 5.73. The van der Waals surface area contributed by atoms with Gasteiger partial charge in [0.15, 0.2) is 0 Å². The molecule has 0 radical (unpaired) electrons. The molecule has 9 nitrogen and oxygen atoms in total. The zero-order valence-corrected chi connectivity index (χ0v) is 18.5. The lowest BCUT2D eigenvalue weighted by Crippen LogP contribution is -2.48. The lowest BCUT2D eigenvalue weighted by molar-refractivity contribution is 0.0625. The summed E-state index contributed by atoms with van der Waals surface area (Å²) in [6.07, 6.45) is 0. The Bertz CT molecular complexity index is 1070. The minimum Gasteiger partial charge on any atom is -0.496 e. The second-order valence-electron chi connectivity index (χ2n) is 7.98. The minimum atomic E-state index is 0.0382. The number of nitrogens with zero attached hydrogens (tertiary/aromatic N) is 6. The molecule has 1 aromatic carbocycles. The molecule has 0 N–H and O–H groups in total. The Morgan fingerprint density at radius 2 is 1.84 bits per heavy atom. The number of carbonyl (C=O) groups excluding carboxylic acids is 1. The number of rotatable bonds is 6. The molecule has 1 aliphatic rings. The van der Waals surface area contributed by atoms with Crippen molar-refractivity contribution in [3.63, 3.8) is 0 Å². The van der Waals surface area contributed by atoms with Crippen LogP contribution in [0.15, 0.2) is 28.9 Å². The van der Waals surface area contributed by atoms with E-state index in [1.807, 2.05) is 54.6 Å². The average molecular weight is 425 g/mol. The van der Waals surface area contributed by atoms with Crippen LogP contribution in [0.3, 0.4) is 0 Å². The lowest BCUT2D eigenvalue weighted by Gasteiger charge is -2.34. The maximum absolute atomic E-state index is 13.2. The fraction of sp³-hybridized carbons (Fsp3) is 0.455. The number of methoxy groups -OCH3 is 1. The molecule has 0 unspecified atom stereocenters. The van der Waals surface area contributed by atoms with E-state index in [1.54, 1.807) is 7.11 Å². The Balaban J connectivity index is 1.44. The van der Waals surface area contributed by atoms with E-state index in [0.29, 0.717) is 31.7 Å². The van der Waals surface area contributed by atoms with Crippen molar-refractivity contribution in [2.24, 2.45) is 0 Å². The highest BCUT2D eigenvalue weighted by molar-refractivity contribution is 5.94. The highest BCUT2D eigenvalue weighted by atomic mass is 16.6. The zero-order valence-electron chi connectivity index (χ0n) is 18.5. The van der Waals surface area contributed by atoms with Gasteiger partial charge in [-0.05, 0) is 45.0 Å². The summed E-state index contributed by atoms with van der Waals surface area (Å²) in [6.45, 7) is 10.0. The van der Waals surface area contributed by atoms with E-state index in [9.17, 15) is 4.79 Å². The van der Waals surface area contributed by atoms with Gasteiger partial charge in [-0.25, -0.2) is 4.63 Å². The molecule has 1 saturated heterocycles. The van der Waals surface area contributed by atoms with Gasteiger partial charge in [0.1, 0.15) is 17.1 Å². The van der Waals surface area contributed by atoms with Crippen LogP contribution in [-0.4, -0.2) is 69.1 Å². The molecule has 0 spiro atoms. The van der Waals surface area contributed by atoms with E-state index in [1.165, 1.54) is 0 Å². The molecule has 1 aliphatic heterocycles. The number of hydrogen-bond acceptors (Lipinski definition) is 7. The van der Waals surface area contributed by atoms with E-state index in [-0.39, 0.29) is 5.91 Å². The van der Waals surface area contributed by atoms with Crippen LogP contribution in [0.25, 0.3) is 0 Å². The molecule has 31 heavy (non-hydrogen) atoms. The van der Waals surface area contributed by atoms with Gasteiger partial charge in [-0.2, -0.15) is 5.10 Å². The predicted molar refractivity (Wildman–Crippen MR) is 114 cm³/mol. The molecule has 4 rings (SSSR count). The molecule has 2 aromatic heterocycles. The van der Waals surface area contributed by atoms with Crippen LogP contribution in [0.1, 0.15) is 38.7 Å². The molecule has 164 valence electrons. The highest BCUT2D eigenvalue weighted by Crippen LogP contribution is 2.23. The molecule has 0 saturated carbocycles. The summed E-state index contributed by atoms with van der Waals surface area (Å²) in [5, 5.41) is 12.3. The number of ether oxygens (including phenoxy) is 1. The van der Waals surface area contributed by atoms with Crippen molar-refractivity contribution in [3.8, 4) is 5.75 Å². The van der Waals surface area contributed by atoms with Gasteiger partial charge in [-0.1, -0.05) is 10.3 Å². The molecular weight excluding hydrogens is 396 g/mol. The van der Waals surface area contributed by atoms with E-state index in [4.69, 9.17) is 9.37 Å². The van der Waals surface area contributed by atoms with Crippen molar-refractivity contribution in [2.75, 3.05) is 33.3 Å². The number of carbonyl (C=O) groups is 1. The van der Waals surface area contributed by atoms with Gasteiger partial charge in [-0.15, -0.1) is 0 Å². The Kier molecular flexibility index (Phi) is 6.03. The van der Waals surface area contributed by atoms with Crippen molar-refractivity contribution in [2.45, 2.75) is 33.9 Å². The van der Waals surface area contributed by atoms with Crippen molar-refractivity contribution in [1.29, 1.82) is 0 Å². The normalized spacial score (nSPS) is 14.8. The van der Waals surface area contributed by atoms with Gasteiger partial charge in [0.05, 0.1) is 19.3 Å². The van der Waals surface area contributed by atoms with Crippen LogP contribution in [0, 0.1) is 20.8 Å². The first-order chi connectivity index (χ1) is 14.9. The Morgan fingerprint density at radius 1 is 1.06 bits per heavy atom. The number of hydrogen-bond donors (Lipinski definition) is 0. The molecule has 0 aliphatic carbocycles. The number of aromatic nitrogens is 4. The van der Waals surface area contributed by atoms with Gasteiger partial charge >= 0.3 is 0 Å². The standard InChI is InChI=1S/C22H28N6O3/c1-15-11-16(2)28(23-15)13-19-12-18(5-6-21(19)30-4)22(29)27-9-7-26(8-10-27)14-20-17(3)24-31-25-20/h5-6,11-12H,7-10,13-14H2,1-4H3. The summed E-state index contributed by atoms with van der Waals surface area (Å²) in [4.78, 5) is 17.3. The Labute approximate surface area is 181 Å². The monoisotopic (exact) mass is 424 g/mol. The first-order valence-electron chi connectivity index (χ1n) is 10.4. The predicted octanol–water partition coefficient (Wildman–Crippen LogP) is 2.21. The molecule has 0 atom stereocenters. The maximum Gasteiger partial charge on any atom is 0.253 e. The maximum atomic E-state index is 13.2. The molecule has 3 aromatic rings. The topological polar surface area (TPSA) is 89.5 Å². The highest BCUT2D eigenvalue weighted by Gasteiger charge is 2.24. The van der Waals surface area contributed by atoms with E-state index >= 15 is 0 Å². The molecular formula is C22H28N6O3. The van der Waals surface area contributed by atoms with Crippen molar-refractivity contribution < 1.29 is 14.2 Å². The van der Waals surface area contributed by atoms with Gasteiger partial charge in [0.25, 0.3) is 5.91 Å². The number of aryl methyl sites for hydroxylation is 3. The third-order valence-corrected chi connectivity index (χ3v) is 5.73. The van der Waals surface area contributed by atoms with Crippen molar-refractivity contribution >= 4 is 5.91 Å². The third kappa shape index (κ3) is 4.61. The largest absolute Gasteiger partial charge is 0.496 e. The number of benzene rings is 1. The van der Waals surface area contributed by atoms with Crippen LogP contribution in [-0.2, 0) is 13.1 Å². The molecule has 1 amide bonds.